The minimum absolute atomic E-state index is 0.152. The van der Waals surface area contributed by atoms with Gasteiger partial charge in [0.15, 0.2) is 0 Å². The van der Waals surface area contributed by atoms with Crippen LogP contribution in [0.3, 0.4) is 0 Å². The van der Waals surface area contributed by atoms with Gasteiger partial charge in [-0.2, -0.15) is 5.26 Å². The second-order valence-electron chi connectivity index (χ2n) is 7.58. The van der Waals surface area contributed by atoms with Gasteiger partial charge in [-0.1, -0.05) is 12.1 Å². The first-order chi connectivity index (χ1) is 12.3. The third-order valence-corrected chi connectivity index (χ3v) is 4.85. The fourth-order valence-corrected chi connectivity index (χ4v) is 3.66. The molecule has 3 heterocycles. The molecule has 0 spiro atoms. The van der Waals surface area contributed by atoms with Crippen molar-refractivity contribution in [1.82, 2.24) is 4.57 Å². The number of phenols is 1. The summed E-state index contributed by atoms with van der Waals surface area (Å²) in [7, 11) is 0. The highest BCUT2D eigenvalue weighted by Crippen LogP contribution is 2.47. The van der Waals surface area contributed by atoms with Crippen LogP contribution in [0.2, 0.25) is 0 Å². The largest absolute Gasteiger partial charge is 0.508 e. The van der Waals surface area contributed by atoms with Crippen molar-refractivity contribution in [3.05, 3.63) is 58.4 Å². The predicted molar refractivity (Wildman–Crippen MR) is 95.7 cm³/mol. The Morgan fingerprint density at radius 3 is 2.62 bits per heavy atom. The number of esters is 1. The van der Waals surface area contributed by atoms with Crippen molar-refractivity contribution < 1.29 is 14.6 Å². The zero-order chi connectivity index (χ0) is 18.6. The van der Waals surface area contributed by atoms with Crippen LogP contribution in [-0.2, 0) is 15.1 Å². The first kappa shape index (κ1) is 16.3. The van der Waals surface area contributed by atoms with E-state index in [1.807, 2.05) is 10.8 Å². The third-order valence-electron chi connectivity index (χ3n) is 4.85. The van der Waals surface area contributed by atoms with Crippen LogP contribution >= 0.6 is 0 Å². The van der Waals surface area contributed by atoms with Gasteiger partial charge in [0.05, 0.1) is 16.8 Å². The van der Waals surface area contributed by atoms with E-state index in [-0.39, 0.29) is 23.9 Å². The van der Waals surface area contributed by atoms with Gasteiger partial charge in [-0.05, 0) is 38.5 Å². The summed E-state index contributed by atoms with van der Waals surface area (Å²) in [6, 6.07) is 9.00. The lowest BCUT2D eigenvalue weighted by atomic mass is 9.81. The van der Waals surface area contributed by atoms with E-state index >= 15 is 0 Å². The van der Waals surface area contributed by atoms with E-state index in [9.17, 15) is 15.2 Å². The van der Waals surface area contributed by atoms with E-state index < -0.39 is 5.92 Å². The van der Waals surface area contributed by atoms with Crippen LogP contribution in [0.15, 0.2) is 41.7 Å². The fraction of sp³-hybridized carbons (Fsp3) is 0.300. The Balaban J connectivity index is 2.01. The average molecular weight is 349 g/mol. The van der Waals surface area contributed by atoms with Crippen LogP contribution in [-0.4, -0.2) is 22.2 Å². The molecule has 0 saturated heterocycles. The van der Waals surface area contributed by atoms with Crippen molar-refractivity contribution in [1.29, 1.82) is 5.26 Å². The summed E-state index contributed by atoms with van der Waals surface area (Å²) >= 11 is 0. The number of carbonyl (C=O) groups excluding carboxylic acids is 1. The summed E-state index contributed by atoms with van der Waals surface area (Å²) in [4.78, 5) is 12.4. The molecule has 0 bridgehead atoms. The molecule has 1 atom stereocenters. The van der Waals surface area contributed by atoms with E-state index in [0.717, 1.165) is 22.6 Å². The van der Waals surface area contributed by atoms with Gasteiger partial charge in [0.2, 0.25) is 0 Å². The molecule has 0 saturated carbocycles. The third kappa shape index (κ3) is 2.28. The Morgan fingerprint density at radius 1 is 1.31 bits per heavy atom. The van der Waals surface area contributed by atoms with Gasteiger partial charge >= 0.3 is 5.97 Å². The molecular formula is C20H19N3O3. The molecule has 0 unspecified atom stereocenters. The second kappa shape index (κ2) is 5.40. The Hall–Kier alpha value is -3.20. The molecule has 6 nitrogen and oxygen atoms in total. The van der Waals surface area contributed by atoms with Crippen molar-refractivity contribution >= 4 is 11.8 Å². The number of rotatable bonds is 1. The monoisotopic (exact) mass is 349 g/mol. The summed E-state index contributed by atoms with van der Waals surface area (Å²) in [5.41, 5.74) is 3.14. The molecule has 2 aliphatic rings. The van der Waals surface area contributed by atoms with Crippen molar-refractivity contribution in [3.63, 3.8) is 0 Å². The summed E-state index contributed by atoms with van der Waals surface area (Å²) < 4.78 is 7.29. The maximum atomic E-state index is 12.4. The van der Waals surface area contributed by atoms with Gasteiger partial charge in [0, 0.05) is 23.2 Å². The highest BCUT2D eigenvalue weighted by atomic mass is 16.5. The number of anilines is 1. The molecule has 2 N–H and O–H groups in total. The quantitative estimate of drug-likeness (QED) is 0.772. The molecule has 1 aromatic carbocycles. The maximum Gasteiger partial charge on any atom is 0.337 e. The Morgan fingerprint density at radius 2 is 2.00 bits per heavy atom. The average Bonchev–Trinajstić information content (AvgIpc) is 3.15. The minimum Gasteiger partial charge on any atom is -0.508 e. The summed E-state index contributed by atoms with van der Waals surface area (Å²) in [6.07, 6.45) is 1.83. The number of aromatic nitrogens is 1. The van der Waals surface area contributed by atoms with Crippen LogP contribution in [0.25, 0.3) is 0 Å². The first-order valence-corrected chi connectivity index (χ1v) is 8.43. The van der Waals surface area contributed by atoms with Gasteiger partial charge < -0.3 is 19.7 Å². The molecule has 2 aromatic rings. The number of aromatic hydroxyl groups is 1. The number of ether oxygens (including phenoxy) is 1. The van der Waals surface area contributed by atoms with Crippen molar-refractivity contribution in [3.8, 4) is 11.8 Å². The van der Waals surface area contributed by atoms with Gasteiger partial charge in [-0.15, -0.1) is 0 Å². The summed E-state index contributed by atoms with van der Waals surface area (Å²) in [5.74, 6) is 0.182. The Bertz CT molecular complexity index is 985. The lowest BCUT2D eigenvalue weighted by molar-refractivity contribution is -0.136. The topological polar surface area (TPSA) is 87.3 Å². The minimum atomic E-state index is -0.407. The molecule has 132 valence electrons. The van der Waals surface area contributed by atoms with E-state index in [2.05, 4.69) is 32.2 Å². The molecule has 2 aliphatic heterocycles. The smallest absolute Gasteiger partial charge is 0.337 e. The fourth-order valence-electron chi connectivity index (χ4n) is 3.66. The Labute approximate surface area is 151 Å². The zero-order valence-electron chi connectivity index (χ0n) is 14.8. The highest BCUT2D eigenvalue weighted by Gasteiger charge is 2.42. The van der Waals surface area contributed by atoms with Gasteiger partial charge in [0.1, 0.15) is 24.2 Å². The van der Waals surface area contributed by atoms with E-state index in [1.54, 1.807) is 24.3 Å². The number of phenolic OH excluding ortho intramolecular Hbond substituents is 1. The summed E-state index contributed by atoms with van der Waals surface area (Å²) in [5, 5.41) is 22.7. The number of nitriles is 1. The number of nitrogens with zero attached hydrogens (tertiary/aromatic N) is 2. The number of fused-ring (bicyclic) bond motifs is 1. The van der Waals surface area contributed by atoms with Crippen LogP contribution in [0, 0.1) is 11.3 Å². The van der Waals surface area contributed by atoms with Gasteiger partial charge in [-0.3, -0.25) is 0 Å². The SMILES string of the molecule is CC(C)(C)n1cc(C#N)c2c1NC1=C(C(=O)OC1)[C@@H]2c1ccc(O)cc1. The molecule has 26 heavy (non-hydrogen) atoms. The number of hydrogen-bond acceptors (Lipinski definition) is 5. The lowest BCUT2D eigenvalue weighted by Crippen LogP contribution is -2.26. The molecule has 1 aromatic heterocycles. The Kier molecular flexibility index (Phi) is 3.38. The molecule has 6 heteroatoms. The van der Waals surface area contributed by atoms with E-state index in [0.29, 0.717) is 11.1 Å². The lowest BCUT2D eigenvalue weighted by Gasteiger charge is -2.30. The van der Waals surface area contributed by atoms with Gasteiger partial charge in [-0.25, -0.2) is 4.79 Å². The predicted octanol–water partition coefficient (Wildman–Crippen LogP) is 3.19. The number of hydrogen-bond donors (Lipinski definition) is 2. The second-order valence-corrected chi connectivity index (χ2v) is 7.58. The van der Waals surface area contributed by atoms with Crippen molar-refractivity contribution in [2.45, 2.75) is 32.2 Å². The van der Waals surface area contributed by atoms with Crippen LogP contribution in [0.5, 0.6) is 5.75 Å². The maximum absolute atomic E-state index is 12.4. The van der Waals surface area contributed by atoms with E-state index in [4.69, 9.17) is 4.74 Å². The molecule has 4 rings (SSSR count). The molecular weight excluding hydrogens is 330 g/mol. The molecule has 0 aliphatic carbocycles. The first-order valence-electron chi connectivity index (χ1n) is 8.43. The normalized spacial score (nSPS) is 18.7. The molecule has 0 amide bonds. The molecule has 0 fully saturated rings. The summed E-state index contributed by atoms with van der Waals surface area (Å²) in [6.45, 7) is 6.38. The van der Waals surface area contributed by atoms with E-state index in [1.165, 1.54) is 0 Å². The highest BCUT2D eigenvalue weighted by molar-refractivity contribution is 5.97. The van der Waals surface area contributed by atoms with Crippen LogP contribution in [0.4, 0.5) is 5.82 Å². The standard InChI is InChI=1S/C20H19N3O3/c1-20(2,3)23-9-12(8-21)16-15(11-4-6-13(24)7-5-11)17-14(22-18(16)23)10-26-19(17)25/h4-7,9,15,22,24H,10H2,1-3H3/t15-/m1/s1. The number of nitrogens with one attached hydrogen (secondary N) is 1. The number of benzene rings is 1. The van der Waals surface area contributed by atoms with Crippen LogP contribution < -0.4 is 5.32 Å². The van der Waals surface area contributed by atoms with Crippen molar-refractivity contribution in [2.75, 3.05) is 11.9 Å². The van der Waals surface area contributed by atoms with Crippen LogP contribution in [0.1, 0.15) is 43.4 Å². The molecule has 0 radical (unpaired) electrons. The number of carbonyl (C=O) groups is 1. The zero-order valence-corrected chi connectivity index (χ0v) is 14.8. The van der Waals surface area contributed by atoms with Crippen molar-refractivity contribution in [2.24, 2.45) is 0 Å². The van der Waals surface area contributed by atoms with Gasteiger partial charge in [0.25, 0.3) is 0 Å². The number of cyclic esters (lactones) is 1.